The van der Waals surface area contributed by atoms with E-state index >= 15 is 0 Å². The fraction of sp³-hybridized carbons (Fsp3) is 0.333. The number of aromatic nitrogens is 2. The van der Waals surface area contributed by atoms with Crippen molar-refractivity contribution in [3.63, 3.8) is 0 Å². The van der Waals surface area contributed by atoms with Crippen LogP contribution in [0, 0.1) is 6.92 Å². The molecule has 14 heavy (non-hydrogen) atoms. The van der Waals surface area contributed by atoms with Crippen LogP contribution in [0.25, 0.3) is 0 Å². The van der Waals surface area contributed by atoms with Crippen LogP contribution in [0.4, 0.5) is 12.9 Å². The van der Waals surface area contributed by atoms with Gasteiger partial charge in [-0.05, 0) is 24.2 Å². The fourth-order valence-electron chi connectivity index (χ4n) is 0.586. The minimum Gasteiger partial charge on any atom is -0.445 e. The monoisotopic (exact) mass is 239 g/mol. The van der Waals surface area contributed by atoms with Crippen molar-refractivity contribution in [2.75, 3.05) is 5.75 Å². The molecule has 0 unspecified atom stereocenters. The van der Waals surface area contributed by atoms with Crippen molar-refractivity contribution in [2.24, 2.45) is 0 Å². The molecule has 0 aromatic carbocycles. The van der Waals surface area contributed by atoms with E-state index in [1.54, 1.807) is 6.92 Å². The van der Waals surface area contributed by atoms with Gasteiger partial charge in [0.25, 0.3) is 0 Å². The van der Waals surface area contributed by atoms with Gasteiger partial charge in [0, 0.05) is 0 Å². The molecule has 2 nitrogen and oxygen atoms in total. The van der Waals surface area contributed by atoms with Gasteiger partial charge in [-0.1, -0.05) is 11.8 Å². The summed E-state index contributed by atoms with van der Waals surface area (Å²) in [5, 5.41) is 0. The van der Waals surface area contributed by atoms with Crippen molar-refractivity contribution in [3.05, 3.63) is 17.9 Å². The van der Waals surface area contributed by atoms with Crippen LogP contribution in [-0.2, 0) is 0 Å². The molecular weight excluding hydrogens is 232 g/mol. The average Bonchev–Trinajstić information content (AvgIpc) is 2.45. The van der Waals surface area contributed by atoms with Crippen molar-refractivity contribution in [1.29, 1.82) is 0 Å². The Balaban J connectivity index is 2.46. The van der Waals surface area contributed by atoms with Gasteiger partial charge in [-0.2, -0.15) is 4.37 Å². The highest BCUT2D eigenvalue weighted by Gasteiger charge is 2.26. The Hall–Kier alpha value is -0.495. The SMILES string of the molecule is C=C(CSc1nc(C)ns1)[B-](F)(F)F. The van der Waals surface area contributed by atoms with Gasteiger partial charge in [0.1, 0.15) is 5.82 Å². The molecule has 1 aromatic rings. The Morgan fingerprint density at radius 3 is 2.64 bits per heavy atom. The Labute approximate surface area is 87.8 Å². The lowest BCUT2D eigenvalue weighted by atomic mass is 9.82. The second-order valence-electron chi connectivity index (χ2n) is 2.63. The van der Waals surface area contributed by atoms with E-state index in [0.29, 0.717) is 10.2 Å². The zero-order chi connectivity index (χ0) is 10.8. The summed E-state index contributed by atoms with van der Waals surface area (Å²) in [6.07, 6.45) is 0. The minimum atomic E-state index is -4.92. The van der Waals surface area contributed by atoms with Crippen LogP contribution in [0.3, 0.4) is 0 Å². The Morgan fingerprint density at radius 2 is 2.21 bits per heavy atom. The highest BCUT2D eigenvalue weighted by atomic mass is 32.2. The fourth-order valence-corrected chi connectivity index (χ4v) is 2.20. The molecule has 0 fully saturated rings. The summed E-state index contributed by atoms with van der Waals surface area (Å²) >= 11 is 2.12. The second-order valence-corrected chi connectivity index (χ2v) is 4.60. The van der Waals surface area contributed by atoms with Crippen molar-refractivity contribution in [1.82, 2.24) is 9.36 Å². The third-order valence-corrected chi connectivity index (χ3v) is 3.39. The Kier molecular flexibility index (Phi) is 3.60. The molecule has 1 rings (SSSR count). The first-order valence-corrected chi connectivity index (χ1v) is 5.46. The number of halogens is 3. The lowest BCUT2D eigenvalue weighted by Gasteiger charge is -2.16. The summed E-state index contributed by atoms with van der Waals surface area (Å²) < 4.78 is 40.6. The first kappa shape index (κ1) is 11.6. The summed E-state index contributed by atoms with van der Waals surface area (Å²) in [6.45, 7) is -0.238. The molecule has 0 atom stereocenters. The molecule has 0 aliphatic heterocycles. The summed E-state index contributed by atoms with van der Waals surface area (Å²) in [5.41, 5.74) is -0.692. The molecule has 0 spiro atoms. The van der Waals surface area contributed by atoms with E-state index in [1.807, 2.05) is 0 Å². The topological polar surface area (TPSA) is 25.8 Å². The van der Waals surface area contributed by atoms with Gasteiger partial charge < -0.3 is 12.9 Å². The van der Waals surface area contributed by atoms with Gasteiger partial charge >= 0.3 is 6.98 Å². The third-order valence-electron chi connectivity index (χ3n) is 1.35. The van der Waals surface area contributed by atoms with Crippen LogP contribution < -0.4 is 0 Å². The molecule has 0 bridgehead atoms. The van der Waals surface area contributed by atoms with Crippen LogP contribution in [-0.4, -0.2) is 22.1 Å². The van der Waals surface area contributed by atoms with Gasteiger partial charge in [-0.25, -0.2) is 4.98 Å². The molecule has 0 amide bonds. The summed E-state index contributed by atoms with van der Waals surface area (Å²) in [4.78, 5) is 3.93. The van der Waals surface area contributed by atoms with E-state index in [2.05, 4.69) is 15.9 Å². The molecule has 0 aliphatic rings. The molecule has 0 N–H and O–H groups in total. The lowest BCUT2D eigenvalue weighted by Crippen LogP contribution is -2.20. The van der Waals surface area contributed by atoms with Gasteiger partial charge in [0.15, 0.2) is 4.34 Å². The maximum atomic E-state index is 12.1. The number of thioether (sulfide) groups is 1. The predicted molar refractivity (Wildman–Crippen MR) is 53.6 cm³/mol. The smallest absolute Gasteiger partial charge is 0.445 e. The van der Waals surface area contributed by atoms with E-state index < -0.39 is 12.4 Å². The highest BCUT2D eigenvalue weighted by molar-refractivity contribution is 8.01. The number of nitrogens with zero attached hydrogens (tertiary/aromatic N) is 2. The van der Waals surface area contributed by atoms with Crippen LogP contribution >= 0.6 is 23.3 Å². The average molecular weight is 239 g/mol. The zero-order valence-corrected chi connectivity index (χ0v) is 8.97. The number of rotatable bonds is 4. The molecule has 8 heteroatoms. The van der Waals surface area contributed by atoms with Gasteiger partial charge in [-0.15, -0.1) is 12.1 Å². The molecule has 1 aromatic heterocycles. The number of hydrogen-bond donors (Lipinski definition) is 0. The second kappa shape index (κ2) is 4.35. The maximum Gasteiger partial charge on any atom is 0.505 e. The Bertz CT molecular complexity index is 336. The predicted octanol–water partition coefficient (Wildman–Crippen LogP) is 2.88. The van der Waals surface area contributed by atoms with E-state index in [9.17, 15) is 12.9 Å². The normalized spacial score (nSPS) is 11.7. The van der Waals surface area contributed by atoms with Gasteiger partial charge in [0.2, 0.25) is 0 Å². The quantitative estimate of drug-likeness (QED) is 0.596. The zero-order valence-electron chi connectivity index (χ0n) is 7.34. The standard InChI is InChI=1S/C6H7BF3N2S2/c1-4(7(8,9)10)3-13-6-11-5(2)12-14-6/h1,3H2,2H3/q-1. The van der Waals surface area contributed by atoms with Crippen LogP contribution in [0.2, 0.25) is 0 Å². The first-order chi connectivity index (χ1) is 6.39. The molecule has 0 radical (unpaired) electrons. The van der Waals surface area contributed by atoms with Crippen LogP contribution in [0.1, 0.15) is 5.82 Å². The third kappa shape index (κ3) is 3.34. The van der Waals surface area contributed by atoms with E-state index in [4.69, 9.17) is 0 Å². The highest BCUT2D eigenvalue weighted by Crippen LogP contribution is 2.27. The summed E-state index contributed by atoms with van der Waals surface area (Å²) in [6, 6.07) is 0. The van der Waals surface area contributed by atoms with E-state index in [1.165, 1.54) is 0 Å². The number of hydrogen-bond acceptors (Lipinski definition) is 4. The summed E-state index contributed by atoms with van der Waals surface area (Å²) in [7, 11) is 0. The van der Waals surface area contributed by atoms with Crippen molar-refractivity contribution in [2.45, 2.75) is 11.3 Å². The van der Waals surface area contributed by atoms with Crippen molar-refractivity contribution >= 4 is 30.3 Å². The van der Waals surface area contributed by atoms with Crippen LogP contribution in [0.15, 0.2) is 16.4 Å². The molecule has 1 heterocycles. The van der Waals surface area contributed by atoms with Crippen molar-refractivity contribution < 1.29 is 12.9 Å². The summed E-state index contributed by atoms with van der Waals surface area (Å²) in [5.74, 6) is 0.415. The molecule has 0 aliphatic carbocycles. The molecule has 0 saturated heterocycles. The minimum absolute atomic E-state index is 0.169. The number of aryl methyl sites for hydroxylation is 1. The van der Waals surface area contributed by atoms with Gasteiger partial charge in [-0.3, -0.25) is 0 Å². The first-order valence-electron chi connectivity index (χ1n) is 3.70. The molecule has 0 saturated carbocycles. The van der Waals surface area contributed by atoms with Crippen LogP contribution in [0.5, 0.6) is 0 Å². The molecular formula is C6H7BF3N2S2-. The largest absolute Gasteiger partial charge is 0.505 e. The maximum absolute atomic E-state index is 12.1. The van der Waals surface area contributed by atoms with Crippen molar-refractivity contribution in [3.8, 4) is 0 Å². The lowest BCUT2D eigenvalue weighted by molar-refractivity contribution is 0.491. The van der Waals surface area contributed by atoms with E-state index in [-0.39, 0.29) is 5.75 Å². The molecule has 78 valence electrons. The van der Waals surface area contributed by atoms with Gasteiger partial charge in [0.05, 0.1) is 0 Å². The Morgan fingerprint density at radius 1 is 1.57 bits per heavy atom. The van der Waals surface area contributed by atoms with E-state index in [0.717, 1.165) is 23.3 Å².